The molecule has 0 aliphatic heterocycles. The van der Waals surface area contributed by atoms with E-state index in [-0.39, 0.29) is 34.7 Å². The fourth-order valence-electron chi connectivity index (χ4n) is 3.80. The number of Topliss-reactive ketones (excluding diaryl/α,β-unsaturated/α-hetero) is 1. The fourth-order valence-corrected chi connectivity index (χ4v) is 3.80. The Labute approximate surface area is 204 Å². The number of hydrogen-bond donors (Lipinski definition) is 0. The average molecular weight is 473 g/mol. The van der Waals surface area contributed by atoms with E-state index in [4.69, 9.17) is 18.6 Å². The van der Waals surface area contributed by atoms with Crippen LogP contribution in [-0.2, 0) is 5.41 Å². The molecular formula is C29H28O6. The molecular weight excluding hydrogens is 444 g/mol. The second-order valence-electron chi connectivity index (χ2n) is 9.19. The topological polar surface area (TPSA) is 75.0 Å². The Balaban J connectivity index is 1.72. The number of carbonyl (C=O) groups is 1. The summed E-state index contributed by atoms with van der Waals surface area (Å²) in [5.41, 5.74) is 2.31. The van der Waals surface area contributed by atoms with Crippen molar-refractivity contribution in [3.05, 3.63) is 88.1 Å². The van der Waals surface area contributed by atoms with E-state index in [0.717, 1.165) is 5.56 Å². The smallest absolute Gasteiger partial charge is 0.235 e. The van der Waals surface area contributed by atoms with Crippen molar-refractivity contribution in [2.24, 2.45) is 0 Å². The van der Waals surface area contributed by atoms with E-state index in [9.17, 15) is 9.59 Å². The van der Waals surface area contributed by atoms with Gasteiger partial charge in [-0.1, -0.05) is 57.2 Å². The minimum atomic E-state index is -0.342. The zero-order valence-corrected chi connectivity index (χ0v) is 20.5. The van der Waals surface area contributed by atoms with E-state index >= 15 is 0 Å². The predicted molar refractivity (Wildman–Crippen MR) is 136 cm³/mol. The van der Waals surface area contributed by atoms with Gasteiger partial charge in [-0.15, -0.1) is 0 Å². The van der Waals surface area contributed by atoms with Crippen molar-refractivity contribution in [1.29, 1.82) is 0 Å². The van der Waals surface area contributed by atoms with Crippen LogP contribution in [0.5, 0.6) is 17.2 Å². The van der Waals surface area contributed by atoms with Gasteiger partial charge in [0.25, 0.3) is 0 Å². The third-order valence-electron chi connectivity index (χ3n) is 5.82. The third kappa shape index (κ3) is 4.92. The highest BCUT2D eigenvalue weighted by Gasteiger charge is 2.21. The molecule has 6 heteroatoms. The third-order valence-corrected chi connectivity index (χ3v) is 5.82. The summed E-state index contributed by atoms with van der Waals surface area (Å²) in [6.07, 6.45) is 0. The molecule has 0 fully saturated rings. The van der Waals surface area contributed by atoms with Crippen LogP contribution in [0.3, 0.4) is 0 Å². The molecule has 0 spiro atoms. The van der Waals surface area contributed by atoms with Crippen LogP contribution in [0.4, 0.5) is 0 Å². The van der Waals surface area contributed by atoms with Gasteiger partial charge in [-0.25, -0.2) is 0 Å². The maximum absolute atomic E-state index is 13.3. The molecule has 0 saturated carbocycles. The van der Waals surface area contributed by atoms with Crippen molar-refractivity contribution < 1.29 is 23.4 Å². The fraction of sp³-hybridized carbons (Fsp3) is 0.241. The molecule has 1 heterocycles. The van der Waals surface area contributed by atoms with E-state index in [0.29, 0.717) is 33.6 Å². The monoisotopic (exact) mass is 472 g/mol. The number of hydrogen-bond acceptors (Lipinski definition) is 6. The first-order chi connectivity index (χ1) is 16.7. The van der Waals surface area contributed by atoms with Gasteiger partial charge >= 0.3 is 0 Å². The van der Waals surface area contributed by atoms with Gasteiger partial charge in [-0.3, -0.25) is 9.59 Å². The molecule has 0 radical (unpaired) electrons. The lowest BCUT2D eigenvalue weighted by Crippen LogP contribution is -2.17. The molecule has 0 aliphatic carbocycles. The van der Waals surface area contributed by atoms with Crippen molar-refractivity contribution in [1.82, 2.24) is 0 Å². The number of ketones is 1. The molecule has 0 amide bonds. The van der Waals surface area contributed by atoms with Gasteiger partial charge in [0.1, 0.15) is 5.58 Å². The van der Waals surface area contributed by atoms with E-state index in [1.54, 1.807) is 42.5 Å². The Morgan fingerprint density at radius 2 is 1.57 bits per heavy atom. The molecule has 0 saturated heterocycles. The first-order valence-corrected chi connectivity index (χ1v) is 11.3. The molecule has 0 atom stereocenters. The highest BCUT2D eigenvalue weighted by molar-refractivity contribution is 5.98. The first kappa shape index (κ1) is 24.1. The molecule has 180 valence electrons. The second kappa shape index (κ2) is 9.66. The SMILES string of the molecule is COc1ccc(C(=O)COc2c(-c3ccc(C(C)(C)C)cc3)oc3ccccc3c2=O)cc1OC. The molecule has 3 aromatic carbocycles. The zero-order chi connectivity index (χ0) is 25.2. The molecule has 6 nitrogen and oxygen atoms in total. The summed E-state index contributed by atoms with van der Waals surface area (Å²) in [6.45, 7) is 6.05. The minimum Gasteiger partial charge on any atom is -0.493 e. The number of para-hydroxylation sites is 1. The van der Waals surface area contributed by atoms with Crippen LogP contribution < -0.4 is 19.6 Å². The van der Waals surface area contributed by atoms with Crippen molar-refractivity contribution in [2.75, 3.05) is 20.8 Å². The normalized spacial score (nSPS) is 11.3. The number of fused-ring (bicyclic) bond motifs is 1. The maximum atomic E-state index is 13.3. The zero-order valence-electron chi connectivity index (χ0n) is 20.5. The van der Waals surface area contributed by atoms with Crippen LogP contribution in [0, 0.1) is 0 Å². The van der Waals surface area contributed by atoms with Crippen LogP contribution in [0.1, 0.15) is 36.7 Å². The molecule has 0 bridgehead atoms. The van der Waals surface area contributed by atoms with Gasteiger partial charge in [0.05, 0.1) is 19.6 Å². The summed E-state index contributed by atoms with van der Waals surface area (Å²) in [5.74, 6) is 0.923. The number of benzene rings is 3. The Hall–Kier alpha value is -4.06. The van der Waals surface area contributed by atoms with Crippen LogP contribution in [0.25, 0.3) is 22.3 Å². The molecule has 0 unspecified atom stereocenters. The number of ether oxygens (including phenoxy) is 3. The second-order valence-corrected chi connectivity index (χ2v) is 9.19. The highest BCUT2D eigenvalue weighted by atomic mass is 16.5. The summed E-state index contributed by atoms with van der Waals surface area (Å²) in [6, 6.07) is 19.6. The van der Waals surface area contributed by atoms with Gasteiger partial charge in [-0.2, -0.15) is 0 Å². The molecule has 4 rings (SSSR count). The van der Waals surface area contributed by atoms with Gasteiger partial charge in [0.15, 0.2) is 29.6 Å². The van der Waals surface area contributed by atoms with Gasteiger partial charge in [0.2, 0.25) is 11.2 Å². The molecule has 0 N–H and O–H groups in total. The largest absolute Gasteiger partial charge is 0.493 e. The Bertz CT molecular complexity index is 1420. The summed E-state index contributed by atoms with van der Waals surface area (Å²) >= 11 is 0. The molecule has 35 heavy (non-hydrogen) atoms. The average Bonchev–Trinajstić information content (AvgIpc) is 2.87. The quantitative estimate of drug-likeness (QED) is 0.306. The van der Waals surface area contributed by atoms with E-state index in [2.05, 4.69) is 20.8 Å². The number of rotatable bonds is 7. The van der Waals surface area contributed by atoms with Crippen molar-refractivity contribution in [3.8, 4) is 28.6 Å². The first-order valence-electron chi connectivity index (χ1n) is 11.3. The van der Waals surface area contributed by atoms with Gasteiger partial charge in [0, 0.05) is 11.1 Å². The van der Waals surface area contributed by atoms with Crippen molar-refractivity contribution >= 4 is 16.8 Å². The van der Waals surface area contributed by atoms with Crippen LogP contribution in [-0.4, -0.2) is 26.6 Å². The summed E-state index contributed by atoms with van der Waals surface area (Å²) in [7, 11) is 3.02. The molecule has 0 aliphatic rings. The van der Waals surface area contributed by atoms with Crippen LogP contribution in [0.2, 0.25) is 0 Å². The molecule has 4 aromatic rings. The summed E-state index contributed by atoms with van der Waals surface area (Å²) < 4.78 is 22.5. The Morgan fingerprint density at radius 1 is 0.886 bits per heavy atom. The summed E-state index contributed by atoms with van der Waals surface area (Å²) in [4.78, 5) is 26.3. The maximum Gasteiger partial charge on any atom is 0.235 e. The van der Waals surface area contributed by atoms with Crippen molar-refractivity contribution in [3.63, 3.8) is 0 Å². The number of methoxy groups -OCH3 is 2. The predicted octanol–water partition coefficient (Wildman–Crippen LogP) is 6.04. The van der Waals surface area contributed by atoms with Crippen molar-refractivity contribution in [2.45, 2.75) is 26.2 Å². The van der Waals surface area contributed by atoms with Gasteiger partial charge in [-0.05, 0) is 41.3 Å². The van der Waals surface area contributed by atoms with E-state index < -0.39 is 0 Å². The summed E-state index contributed by atoms with van der Waals surface area (Å²) in [5, 5.41) is 0.385. The number of carbonyl (C=O) groups excluding carboxylic acids is 1. The van der Waals surface area contributed by atoms with Crippen LogP contribution in [0.15, 0.2) is 75.9 Å². The van der Waals surface area contributed by atoms with E-state index in [1.165, 1.54) is 14.2 Å². The molecule has 1 aromatic heterocycles. The minimum absolute atomic E-state index is 0.000959. The Kier molecular flexibility index (Phi) is 6.65. The standard InChI is InChI=1S/C29H28O6/c1-29(2,3)20-13-10-18(11-14-20)27-28(26(31)21-8-6-7-9-23(21)35-27)34-17-22(30)19-12-15-24(32-4)25(16-19)33-5/h6-16H,17H2,1-5H3. The van der Waals surface area contributed by atoms with Crippen LogP contribution >= 0.6 is 0 Å². The highest BCUT2D eigenvalue weighted by Crippen LogP contribution is 2.33. The lowest BCUT2D eigenvalue weighted by atomic mass is 9.86. The van der Waals surface area contributed by atoms with E-state index in [1.807, 2.05) is 24.3 Å². The van der Waals surface area contributed by atoms with Gasteiger partial charge < -0.3 is 18.6 Å². The Morgan fingerprint density at radius 3 is 2.23 bits per heavy atom. The lowest BCUT2D eigenvalue weighted by molar-refractivity contribution is 0.0920. The lowest BCUT2D eigenvalue weighted by Gasteiger charge is -2.19.